The monoisotopic (exact) mass is 394 g/mol. The van der Waals surface area contributed by atoms with Gasteiger partial charge in [-0.2, -0.15) is 31.4 Å². The molecule has 0 bridgehead atoms. The summed E-state index contributed by atoms with van der Waals surface area (Å²) >= 11 is 5.88. The molecule has 3 aromatic rings. The Morgan fingerprint density at radius 2 is 1.69 bits per heavy atom. The molecule has 2 N–H and O–H groups in total. The topological polar surface area (TPSA) is 56.7 Å². The van der Waals surface area contributed by atoms with Crippen LogP contribution >= 0.6 is 11.6 Å². The Bertz CT molecular complexity index is 1010. The van der Waals surface area contributed by atoms with E-state index in [2.05, 4.69) is 10.1 Å². The summed E-state index contributed by atoms with van der Waals surface area (Å²) in [5.41, 5.74) is 3.44. The zero-order valence-corrected chi connectivity index (χ0v) is 13.6. The number of nitrogens with zero attached hydrogens (tertiary/aromatic N) is 3. The second kappa shape index (κ2) is 5.76. The molecule has 0 spiro atoms. The standard InChI is InChI=1S/C15H9ClF6N4/c1-6-4-9-11(12(24-6)15(20,21)22)13(23)26(25-9)10-3-2-7(5-8(10)16)14(17,18)19/h2-5H,23H2,1H3. The second-order valence-corrected chi connectivity index (χ2v) is 5.87. The molecule has 26 heavy (non-hydrogen) atoms. The van der Waals surface area contributed by atoms with Gasteiger partial charge in [-0.3, -0.25) is 0 Å². The van der Waals surface area contributed by atoms with Gasteiger partial charge in [0.05, 0.1) is 27.2 Å². The van der Waals surface area contributed by atoms with Crippen molar-refractivity contribution in [3.63, 3.8) is 0 Å². The van der Waals surface area contributed by atoms with Crippen molar-refractivity contribution in [3.8, 4) is 5.69 Å². The molecule has 0 amide bonds. The number of halogens is 7. The molecule has 0 saturated carbocycles. The van der Waals surface area contributed by atoms with Gasteiger partial charge in [0.25, 0.3) is 0 Å². The van der Waals surface area contributed by atoms with Gasteiger partial charge in [-0.25, -0.2) is 9.67 Å². The fourth-order valence-electron chi connectivity index (χ4n) is 2.50. The highest BCUT2D eigenvalue weighted by Gasteiger charge is 2.37. The van der Waals surface area contributed by atoms with Crippen LogP contribution in [0.2, 0.25) is 5.02 Å². The molecule has 11 heteroatoms. The maximum Gasteiger partial charge on any atom is 0.434 e. The molecule has 4 nitrogen and oxygen atoms in total. The molecule has 0 aliphatic heterocycles. The highest BCUT2D eigenvalue weighted by atomic mass is 35.5. The molecule has 0 saturated heterocycles. The Morgan fingerprint density at radius 1 is 1.04 bits per heavy atom. The van der Waals surface area contributed by atoms with Crippen LogP contribution in [0.15, 0.2) is 24.3 Å². The van der Waals surface area contributed by atoms with E-state index in [1.165, 1.54) is 13.0 Å². The van der Waals surface area contributed by atoms with Crippen LogP contribution in [0.25, 0.3) is 16.6 Å². The molecule has 2 heterocycles. The third-order valence-electron chi connectivity index (χ3n) is 3.59. The van der Waals surface area contributed by atoms with Gasteiger partial charge < -0.3 is 5.73 Å². The van der Waals surface area contributed by atoms with Crippen LogP contribution in [0, 0.1) is 6.92 Å². The molecule has 0 aliphatic rings. The highest BCUT2D eigenvalue weighted by Crippen LogP contribution is 2.39. The van der Waals surface area contributed by atoms with Gasteiger partial charge in [-0.1, -0.05) is 11.6 Å². The lowest BCUT2D eigenvalue weighted by molar-refractivity contribution is -0.140. The predicted octanol–water partition coefficient (Wildman–Crippen LogP) is 5.00. The van der Waals surface area contributed by atoms with E-state index in [1.54, 1.807) is 0 Å². The number of hydrogen-bond donors (Lipinski definition) is 1. The summed E-state index contributed by atoms with van der Waals surface area (Å²) in [6.07, 6.45) is -9.40. The molecule has 2 aromatic heterocycles. The largest absolute Gasteiger partial charge is 0.434 e. The van der Waals surface area contributed by atoms with Crippen molar-refractivity contribution in [1.29, 1.82) is 0 Å². The van der Waals surface area contributed by atoms with Gasteiger partial charge in [0.1, 0.15) is 5.82 Å². The van der Waals surface area contributed by atoms with Crippen molar-refractivity contribution in [2.45, 2.75) is 19.3 Å². The van der Waals surface area contributed by atoms with E-state index in [1.807, 2.05) is 0 Å². The molecule has 1 aromatic carbocycles. The van der Waals surface area contributed by atoms with Gasteiger partial charge in [-0.05, 0) is 31.2 Å². The molecule has 0 radical (unpaired) electrons. The Morgan fingerprint density at radius 3 is 2.23 bits per heavy atom. The van der Waals surface area contributed by atoms with Crippen LogP contribution in [0.5, 0.6) is 0 Å². The van der Waals surface area contributed by atoms with Crippen molar-refractivity contribution >= 4 is 28.3 Å². The van der Waals surface area contributed by atoms with E-state index in [0.717, 1.165) is 16.8 Å². The maximum atomic E-state index is 13.2. The zero-order valence-electron chi connectivity index (χ0n) is 12.9. The second-order valence-electron chi connectivity index (χ2n) is 5.47. The van der Waals surface area contributed by atoms with Crippen molar-refractivity contribution in [2.24, 2.45) is 0 Å². The molecule has 0 aliphatic carbocycles. The lowest BCUT2D eigenvalue weighted by Crippen LogP contribution is -2.10. The number of rotatable bonds is 1. The SMILES string of the molecule is Cc1cc2nn(-c3ccc(C(F)(F)F)cc3Cl)c(N)c2c(C(F)(F)F)n1. The normalized spacial score (nSPS) is 12.8. The molecular weight excluding hydrogens is 386 g/mol. The fourth-order valence-corrected chi connectivity index (χ4v) is 2.76. The van der Waals surface area contributed by atoms with Crippen LogP contribution in [0.3, 0.4) is 0 Å². The third-order valence-corrected chi connectivity index (χ3v) is 3.89. The van der Waals surface area contributed by atoms with Gasteiger partial charge >= 0.3 is 12.4 Å². The Labute approximate surface area is 147 Å². The number of nitrogen functional groups attached to an aromatic ring is 1. The summed E-state index contributed by atoms with van der Waals surface area (Å²) in [6, 6.07) is 3.66. The van der Waals surface area contributed by atoms with Crippen molar-refractivity contribution in [3.05, 3.63) is 46.2 Å². The number of anilines is 1. The quantitative estimate of drug-likeness (QED) is 0.591. The van der Waals surface area contributed by atoms with Gasteiger partial charge in [-0.15, -0.1) is 0 Å². The molecule has 138 valence electrons. The minimum absolute atomic E-state index is 0.0630. The Hall–Kier alpha value is -2.49. The molecule has 0 atom stereocenters. The number of fused-ring (bicyclic) bond motifs is 1. The average molecular weight is 395 g/mol. The van der Waals surface area contributed by atoms with Crippen LogP contribution in [0.4, 0.5) is 32.2 Å². The number of alkyl halides is 6. The van der Waals surface area contributed by atoms with Gasteiger partial charge in [0.2, 0.25) is 0 Å². The molecule has 3 rings (SSSR count). The first-order chi connectivity index (χ1) is 11.9. The minimum Gasteiger partial charge on any atom is -0.383 e. The number of aryl methyl sites for hydroxylation is 1. The fraction of sp³-hybridized carbons (Fsp3) is 0.200. The Kier molecular flexibility index (Phi) is 4.06. The van der Waals surface area contributed by atoms with Gasteiger partial charge in [0.15, 0.2) is 5.69 Å². The zero-order chi connectivity index (χ0) is 19.4. The first-order valence-corrected chi connectivity index (χ1v) is 7.37. The van der Waals surface area contributed by atoms with Gasteiger partial charge in [0, 0.05) is 5.69 Å². The smallest absolute Gasteiger partial charge is 0.383 e. The third kappa shape index (κ3) is 3.05. The average Bonchev–Trinajstić information content (AvgIpc) is 2.81. The number of benzene rings is 1. The number of hydrogen-bond acceptors (Lipinski definition) is 3. The van der Waals surface area contributed by atoms with Crippen LogP contribution < -0.4 is 5.73 Å². The lowest BCUT2D eigenvalue weighted by Gasteiger charge is -2.11. The summed E-state index contributed by atoms with van der Waals surface area (Å²) in [7, 11) is 0. The summed E-state index contributed by atoms with van der Waals surface area (Å²) in [5, 5.41) is 3.15. The minimum atomic E-state index is -4.78. The number of aromatic nitrogens is 3. The van der Waals surface area contributed by atoms with E-state index in [0.29, 0.717) is 6.07 Å². The van der Waals surface area contributed by atoms with E-state index < -0.39 is 34.8 Å². The number of nitrogens with two attached hydrogens (primary N) is 1. The summed E-state index contributed by atoms with van der Waals surface area (Å²) in [4.78, 5) is 3.47. The van der Waals surface area contributed by atoms with Crippen LogP contribution in [0.1, 0.15) is 17.0 Å². The van der Waals surface area contributed by atoms with E-state index in [9.17, 15) is 26.3 Å². The molecule has 0 unspecified atom stereocenters. The van der Waals surface area contributed by atoms with Crippen molar-refractivity contribution < 1.29 is 26.3 Å². The summed E-state index contributed by atoms with van der Waals surface area (Å²) in [6.45, 7) is 1.36. The molecule has 0 fully saturated rings. The van der Waals surface area contributed by atoms with Crippen LogP contribution in [-0.2, 0) is 12.4 Å². The summed E-state index contributed by atoms with van der Waals surface area (Å²) < 4.78 is 78.8. The van der Waals surface area contributed by atoms with E-state index >= 15 is 0 Å². The van der Waals surface area contributed by atoms with Crippen molar-refractivity contribution in [1.82, 2.24) is 14.8 Å². The maximum absolute atomic E-state index is 13.2. The van der Waals surface area contributed by atoms with Crippen LogP contribution in [-0.4, -0.2) is 14.8 Å². The predicted molar refractivity (Wildman–Crippen MR) is 83.0 cm³/mol. The molecular formula is C15H9ClF6N4. The highest BCUT2D eigenvalue weighted by molar-refractivity contribution is 6.32. The van der Waals surface area contributed by atoms with Crippen molar-refractivity contribution in [2.75, 3.05) is 5.73 Å². The summed E-state index contributed by atoms with van der Waals surface area (Å²) in [5.74, 6) is -0.429. The number of pyridine rings is 1. The Balaban J connectivity index is 2.26. The first-order valence-electron chi connectivity index (χ1n) is 6.99. The van der Waals surface area contributed by atoms with E-state index in [-0.39, 0.29) is 21.9 Å². The first kappa shape index (κ1) is 18.3. The van der Waals surface area contributed by atoms with E-state index in [4.69, 9.17) is 17.3 Å². The lowest BCUT2D eigenvalue weighted by atomic mass is 10.2.